The lowest BCUT2D eigenvalue weighted by Crippen LogP contribution is -2.33. The number of alkyl halides is 3. The fourth-order valence-corrected chi connectivity index (χ4v) is 4.19. The van der Waals surface area contributed by atoms with Crippen LogP contribution in [-0.4, -0.2) is 52.9 Å². The SMILES string of the molecule is COc1ccc(OC)c(C2CCCN2CC(=O)Nc2cc(C(F)(F)F)ccc2-n2cncn2)c1. The van der Waals surface area contributed by atoms with Crippen LogP contribution >= 0.6 is 0 Å². The minimum atomic E-state index is -4.55. The van der Waals surface area contributed by atoms with Gasteiger partial charge in [-0.15, -0.1) is 0 Å². The Kier molecular flexibility index (Phi) is 6.73. The molecule has 34 heavy (non-hydrogen) atoms. The standard InChI is InChI=1S/C23H24F3N5O3/c1-33-16-6-8-21(34-2)17(11-16)19-4-3-9-30(19)12-22(32)29-18-10-15(23(24,25)26)5-7-20(18)31-14-27-13-28-31/h5-8,10-11,13-14,19H,3-4,9,12H2,1-2H3,(H,29,32). The van der Waals surface area contributed by atoms with E-state index in [1.165, 1.54) is 23.4 Å². The second kappa shape index (κ2) is 9.72. The van der Waals surface area contributed by atoms with E-state index in [0.29, 0.717) is 18.0 Å². The van der Waals surface area contributed by atoms with Gasteiger partial charge in [-0.1, -0.05) is 0 Å². The number of carbonyl (C=O) groups excluding carboxylic acids is 1. The predicted molar refractivity (Wildman–Crippen MR) is 118 cm³/mol. The number of anilines is 1. The molecule has 0 saturated carbocycles. The van der Waals surface area contributed by atoms with E-state index < -0.39 is 17.6 Å². The molecule has 1 N–H and O–H groups in total. The van der Waals surface area contributed by atoms with Crippen molar-refractivity contribution in [1.29, 1.82) is 0 Å². The molecule has 0 spiro atoms. The van der Waals surface area contributed by atoms with Gasteiger partial charge in [-0.25, -0.2) is 9.67 Å². The highest BCUT2D eigenvalue weighted by Gasteiger charge is 2.33. The van der Waals surface area contributed by atoms with Crippen LogP contribution in [0.1, 0.15) is 30.0 Å². The summed E-state index contributed by atoms with van der Waals surface area (Å²) < 4.78 is 52.0. The van der Waals surface area contributed by atoms with Gasteiger partial charge in [0.2, 0.25) is 5.91 Å². The molecule has 11 heteroatoms. The zero-order chi connectivity index (χ0) is 24.3. The average molecular weight is 475 g/mol. The Hall–Kier alpha value is -3.60. The maximum absolute atomic E-state index is 13.3. The van der Waals surface area contributed by atoms with Gasteiger partial charge in [0.1, 0.15) is 24.2 Å². The molecule has 1 atom stereocenters. The summed E-state index contributed by atoms with van der Waals surface area (Å²) in [5.74, 6) is 0.924. The molecular formula is C23H24F3N5O3. The van der Waals surface area contributed by atoms with Crippen LogP contribution in [0.2, 0.25) is 0 Å². The second-order valence-electron chi connectivity index (χ2n) is 7.85. The van der Waals surface area contributed by atoms with Crippen LogP contribution in [0, 0.1) is 0 Å². The van der Waals surface area contributed by atoms with Crippen molar-refractivity contribution in [2.45, 2.75) is 25.1 Å². The Morgan fingerprint density at radius 2 is 2.00 bits per heavy atom. The summed E-state index contributed by atoms with van der Waals surface area (Å²) in [6.45, 7) is 0.662. The number of halogens is 3. The highest BCUT2D eigenvalue weighted by molar-refractivity contribution is 5.94. The quantitative estimate of drug-likeness (QED) is 0.555. The lowest BCUT2D eigenvalue weighted by molar-refractivity contribution is -0.137. The largest absolute Gasteiger partial charge is 0.497 e. The van der Waals surface area contributed by atoms with Crippen LogP contribution in [0.25, 0.3) is 5.69 Å². The zero-order valence-corrected chi connectivity index (χ0v) is 18.7. The number of likely N-dealkylation sites (tertiary alicyclic amines) is 1. The smallest absolute Gasteiger partial charge is 0.416 e. The number of amides is 1. The van der Waals surface area contributed by atoms with Crippen molar-refractivity contribution in [1.82, 2.24) is 19.7 Å². The lowest BCUT2D eigenvalue weighted by Gasteiger charge is -2.26. The Labute approximate surface area is 194 Å². The number of methoxy groups -OCH3 is 2. The molecule has 3 aromatic rings. The minimum Gasteiger partial charge on any atom is -0.497 e. The summed E-state index contributed by atoms with van der Waals surface area (Å²) in [6.07, 6.45) is -0.260. The number of nitrogens with zero attached hydrogens (tertiary/aromatic N) is 4. The maximum atomic E-state index is 13.3. The number of nitrogens with one attached hydrogen (secondary N) is 1. The monoisotopic (exact) mass is 475 g/mol. The van der Waals surface area contributed by atoms with Crippen molar-refractivity contribution in [2.75, 3.05) is 32.6 Å². The number of aromatic nitrogens is 3. The number of hydrogen-bond donors (Lipinski definition) is 1. The molecule has 2 aromatic carbocycles. The molecule has 1 fully saturated rings. The number of hydrogen-bond acceptors (Lipinski definition) is 6. The number of rotatable bonds is 7. The molecule has 0 radical (unpaired) electrons. The predicted octanol–water partition coefficient (Wildman–Crippen LogP) is 4.08. The van der Waals surface area contributed by atoms with Gasteiger partial charge in [-0.2, -0.15) is 18.3 Å². The van der Waals surface area contributed by atoms with Crippen LogP contribution < -0.4 is 14.8 Å². The minimum absolute atomic E-state index is 0.0000304. The van der Waals surface area contributed by atoms with Crippen molar-refractivity contribution < 1.29 is 27.4 Å². The Morgan fingerprint density at radius 3 is 2.68 bits per heavy atom. The molecule has 1 aliphatic heterocycles. The Bertz CT molecular complexity index is 1150. The third-order valence-corrected chi connectivity index (χ3v) is 5.77. The molecular weight excluding hydrogens is 451 g/mol. The van der Waals surface area contributed by atoms with Gasteiger partial charge in [-0.05, 0) is 55.8 Å². The molecule has 0 aliphatic carbocycles. The summed E-state index contributed by atoms with van der Waals surface area (Å²) in [5.41, 5.74) is 0.313. The first-order chi connectivity index (χ1) is 16.3. The highest BCUT2D eigenvalue weighted by Crippen LogP contribution is 2.39. The third kappa shape index (κ3) is 4.98. The molecule has 1 amide bonds. The number of benzene rings is 2. The first kappa shape index (κ1) is 23.6. The van der Waals surface area contributed by atoms with Crippen molar-refractivity contribution in [3.63, 3.8) is 0 Å². The summed E-state index contributed by atoms with van der Waals surface area (Å²) in [4.78, 5) is 18.8. The van der Waals surface area contributed by atoms with Crippen molar-refractivity contribution in [2.24, 2.45) is 0 Å². The summed E-state index contributed by atoms with van der Waals surface area (Å²) in [5, 5.41) is 6.61. The van der Waals surface area contributed by atoms with Gasteiger partial charge < -0.3 is 14.8 Å². The molecule has 1 aliphatic rings. The van der Waals surface area contributed by atoms with Crippen LogP contribution in [-0.2, 0) is 11.0 Å². The number of carbonyl (C=O) groups is 1. The summed E-state index contributed by atoms with van der Waals surface area (Å²) in [6, 6.07) is 8.51. The van der Waals surface area contributed by atoms with E-state index in [1.807, 2.05) is 17.0 Å². The highest BCUT2D eigenvalue weighted by atomic mass is 19.4. The van der Waals surface area contributed by atoms with Crippen molar-refractivity contribution in [3.05, 3.63) is 60.2 Å². The first-order valence-corrected chi connectivity index (χ1v) is 10.6. The molecule has 4 rings (SSSR count). The van der Waals surface area contributed by atoms with Crippen LogP contribution in [0.5, 0.6) is 11.5 Å². The topological polar surface area (TPSA) is 81.5 Å². The van der Waals surface area contributed by atoms with E-state index in [0.717, 1.165) is 30.5 Å². The molecule has 1 unspecified atom stereocenters. The van der Waals surface area contributed by atoms with E-state index in [-0.39, 0.29) is 24.0 Å². The maximum Gasteiger partial charge on any atom is 0.416 e. The van der Waals surface area contributed by atoms with Gasteiger partial charge in [0.15, 0.2) is 0 Å². The third-order valence-electron chi connectivity index (χ3n) is 5.77. The summed E-state index contributed by atoms with van der Waals surface area (Å²) >= 11 is 0. The van der Waals surface area contributed by atoms with Crippen LogP contribution in [0.15, 0.2) is 49.1 Å². The Morgan fingerprint density at radius 1 is 1.18 bits per heavy atom. The molecule has 1 saturated heterocycles. The second-order valence-corrected chi connectivity index (χ2v) is 7.85. The van der Waals surface area contributed by atoms with E-state index in [2.05, 4.69) is 15.4 Å². The lowest BCUT2D eigenvalue weighted by atomic mass is 10.0. The van der Waals surface area contributed by atoms with Crippen LogP contribution in [0.3, 0.4) is 0 Å². The molecule has 2 heterocycles. The van der Waals surface area contributed by atoms with Crippen molar-refractivity contribution in [3.8, 4) is 17.2 Å². The molecule has 180 valence electrons. The average Bonchev–Trinajstić information content (AvgIpc) is 3.50. The van der Waals surface area contributed by atoms with Gasteiger partial charge in [0.25, 0.3) is 0 Å². The molecule has 0 bridgehead atoms. The fourth-order valence-electron chi connectivity index (χ4n) is 4.19. The first-order valence-electron chi connectivity index (χ1n) is 10.6. The van der Waals surface area contributed by atoms with E-state index in [9.17, 15) is 18.0 Å². The zero-order valence-electron chi connectivity index (χ0n) is 18.7. The van der Waals surface area contributed by atoms with Gasteiger partial charge in [0.05, 0.1) is 37.7 Å². The van der Waals surface area contributed by atoms with Gasteiger partial charge in [0, 0.05) is 11.6 Å². The Balaban J connectivity index is 1.57. The van der Waals surface area contributed by atoms with E-state index in [1.54, 1.807) is 20.3 Å². The van der Waals surface area contributed by atoms with Gasteiger partial charge >= 0.3 is 6.18 Å². The number of ether oxygens (including phenoxy) is 2. The summed E-state index contributed by atoms with van der Waals surface area (Å²) in [7, 11) is 3.16. The van der Waals surface area contributed by atoms with Gasteiger partial charge in [-0.3, -0.25) is 9.69 Å². The van der Waals surface area contributed by atoms with Crippen LogP contribution in [0.4, 0.5) is 18.9 Å². The fraction of sp³-hybridized carbons (Fsp3) is 0.348. The molecule has 1 aromatic heterocycles. The molecule has 8 nitrogen and oxygen atoms in total. The van der Waals surface area contributed by atoms with E-state index >= 15 is 0 Å². The normalized spacial score (nSPS) is 16.4. The van der Waals surface area contributed by atoms with E-state index in [4.69, 9.17) is 9.47 Å². The van der Waals surface area contributed by atoms with Crippen molar-refractivity contribution >= 4 is 11.6 Å².